The average molecular weight is 294 g/mol. The van der Waals surface area contributed by atoms with Crippen molar-refractivity contribution in [2.45, 2.75) is 25.1 Å². The summed E-state index contributed by atoms with van der Waals surface area (Å²) in [5.41, 5.74) is 4.73. The molecule has 1 heterocycles. The number of nitrogen functional groups attached to an aromatic ring is 1. The van der Waals surface area contributed by atoms with Crippen LogP contribution in [-0.2, 0) is 6.18 Å². The average Bonchev–Trinajstić information content (AvgIpc) is 2.76. The highest BCUT2D eigenvalue weighted by Gasteiger charge is 2.34. The van der Waals surface area contributed by atoms with Crippen LogP contribution in [-0.4, -0.2) is 24.3 Å². The molecule has 3 N–H and O–H groups in total. The predicted octanol–water partition coefficient (Wildman–Crippen LogP) is 2.36. The highest BCUT2D eigenvalue weighted by Crippen LogP contribution is 2.37. The highest BCUT2D eigenvalue weighted by atomic mass is 32.1. The van der Waals surface area contributed by atoms with Crippen molar-refractivity contribution in [3.63, 3.8) is 0 Å². The van der Waals surface area contributed by atoms with Crippen LogP contribution in [0.5, 0.6) is 0 Å². The molecule has 0 aromatic heterocycles. The van der Waals surface area contributed by atoms with Crippen LogP contribution in [0.2, 0.25) is 0 Å². The van der Waals surface area contributed by atoms with Crippen molar-refractivity contribution in [1.29, 1.82) is 0 Å². The van der Waals surface area contributed by atoms with E-state index in [0.717, 1.165) is 18.9 Å². The molecule has 7 heteroatoms. The highest BCUT2D eigenvalue weighted by molar-refractivity contribution is 7.59. The van der Waals surface area contributed by atoms with E-state index >= 15 is 0 Å². The molecule has 0 unspecified atom stereocenters. The number of aliphatic hydroxyl groups excluding tert-OH is 1. The maximum Gasteiger partial charge on any atom is 0.418 e. The van der Waals surface area contributed by atoms with Gasteiger partial charge in [-0.1, -0.05) is 0 Å². The number of nitrogens with zero attached hydrogens (tertiary/aromatic N) is 1. The Morgan fingerprint density at radius 3 is 2.63 bits per heavy atom. The molecule has 1 atom stereocenters. The number of hydrogen-bond donors (Lipinski definition) is 2. The first-order valence-corrected chi connectivity index (χ1v) is 5.77. The molecule has 19 heavy (non-hydrogen) atoms. The molecule has 1 aromatic carbocycles. The van der Waals surface area contributed by atoms with Crippen LogP contribution in [0.15, 0.2) is 18.2 Å². The first kappa shape index (κ1) is 16.0. The van der Waals surface area contributed by atoms with Gasteiger partial charge in [0, 0.05) is 17.9 Å². The van der Waals surface area contributed by atoms with Crippen LogP contribution in [0.3, 0.4) is 0 Å². The van der Waals surface area contributed by atoms with Crippen molar-refractivity contribution in [1.82, 2.24) is 0 Å². The molecule has 1 aliphatic rings. The fourth-order valence-corrected chi connectivity index (χ4v) is 2.33. The molecule has 0 aliphatic carbocycles. The minimum absolute atomic E-state index is 0. The molecule has 108 valence electrons. The quantitative estimate of drug-likeness (QED) is 0.823. The minimum Gasteiger partial charge on any atom is -0.398 e. The van der Waals surface area contributed by atoms with Gasteiger partial charge >= 0.3 is 6.18 Å². The Morgan fingerprint density at radius 1 is 1.37 bits per heavy atom. The Kier molecular flexibility index (Phi) is 4.98. The second-order valence-electron chi connectivity index (χ2n) is 4.44. The Morgan fingerprint density at radius 2 is 2.05 bits per heavy atom. The summed E-state index contributed by atoms with van der Waals surface area (Å²) in [6.45, 7) is 0.609. The fraction of sp³-hybridized carbons (Fsp3) is 0.500. The van der Waals surface area contributed by atoms with Crippen LogP contribution >= 0.6 is 13.5 Å². The molecule has 0 radical (unpaired) electrons. The zero-order valence-corrected chi connectivity index (χ0v) is 11.2. The third kappa shape index (κ3) is 3.27. The number of rotatable bonds is 2. The van der Waals surface area contributed by atoms with E-state index in [9.17, 15) is 18.3 Å². The monoisotopic (exact) mass is 294 g/mol. The maximum absolute atomic E-state index is 12.7. The van der Waals surface area contributed by atoms with E-state index in [-0.39, 0.29) is 31.8 Å². The van der Waals surface area contributed by atoms with Gasteiger partial charge in [0.2, 0.25) is 0 Å². The third-order valence-corrected chi connectivity index (χ3v) is 3.26. The first-order valence-electron chi connectivity index (χ1n) is 5.77. The largest absolute Gasteiger partial charge is 0.418 e. The second-order valence-corrected chi connectivity index (χ2v) is 4.44. The van der Waals surface area contributed by atoms with Crippen LogP contribution in [0, 0.1) is 0 Å². The van der Waals surface area contributed by atoms with E-state index in [2.05, 4.69) is 0 Å². The molecule has 0 amide bonds. The number of halogens is 3. The van der Waals surface area contributed by atoms with Gasteiger partial charge < -0.3 is 15.7 Å². The lowest BCUT2D eigenvalue weighted by Crippen LogP contribution is -2.32. The predicted molar refractivity (Wildman–Crippen MR) is 73.7 cm³/mol. The number of hydrogen-bond acceptors (Lipinski definition) is 3. The standard InChI is InChI=1S/C12H15F3N2O.H2S/c13-12(14,15)10-6-8(3-4-11(10)16)17-5-1-2-9(17)7-18;/h3-4,6,9,18H,1-2,5,7,16H2;1H2/t9-;/m0./s1. The van der Waals surface area contributed by atoms with E-state index in [1.54, 1.807) is 11.0 Å². The summed E-state index contributed by atoms with van der Waals surface area (Å²) in [6.07, 6.45) is -2.78. The summed E-state index contributed by atoms with van der Waals surface area (Å²) in [6, 6.07) is 3.79. The van der Waals surface area contributed by atoms with E-state index in [1.165, 1.54) is 6.07 Å². The third-order valence-electron chi connectivity index (χ3n) is 3.26. The lowest BCUT2D eigenvalue weighted by atomic mass is 10.1. The number of aliphatic hydroxyl groups is 1. The summed E-state index contributed by atoms with van der Waals surface area (Å²) in [7, 11) is 0. The van der Waals surface area contributed by atoms with Gasteiger partial charge in [-0.25, -0.2) is 0 Å². The normalized spacial score (nSPS) is 19.4. The van der Waals surface area contributed by atoms with Gasteiger partial charge in [0.1, 0.15) is 0 Å². The Bertz CT molecular complexity index is 439. The van der Waals surface area contributed by atoms with Crippen molar-refractivity contribution in [3.8, 4) is 0 Å². The minimum atomic E-state index is -4.45. The SMILES string of the molecule is Nc1ccc(N2CCC[C@H]2CO)cc1C(F)(F)F.S. The Hall–Kier alpha value is -1.08. The molecule has 0 bridgehead atoms. The van der Waals surface area contributed by atoms with Crippen molar-refractivity contribution in [3.05, 3.63) is 23.8 Å². The molecule has 1 saturated heterocycles. The summed E-state index contributed by atoms with van der Waals surface area (Å²) < 4.78 is 38.2. The molecule has 1 aromatic rings. The summed E-state index contributed by atoms with van der Waals surface area (Å²) in [5.74, 6) is 0. The van der Waals surface area contributed by atoms with E-state index in [1.807, 2.05) is 0 Å². The molecule has 0 spiro atoms. The van der Waals surface area contributed by atoms with Gasteiger partial charge in [0.05, 0.1) is 18.2 Å². The van der Waals surface area contributed by atoms with Crippen LogP contribution in [0.1, 0.15) is 18.4 Å². The molecular weight excluding hydrogens is 277 g/mol. The first-order chi connectivity index (χ1) is 8.43. The Balaban J connectivity index is 0.00000180. The smallest absolute Gasteiger partial charge is 0.398 e. The molecule has 0 saturated carbocycles. The maximum atomic E-state index is 12.7. The zero-order chi connectivity index (χ0) is 13.3. The van der Waals surface area contributed by atoms with Crippen molar-refractivity contribution in [2.75, 3.05) is 23.8 Å². The number of nitrogens with two attached hydrogens (primary N) is 1. The lowest BCUT2D eigenvalue weighted by Gasteiger charge is -2.26. The van der Waals surface area contributed by atoms with Gasteiger partial charge in [-0.05, 0) is 31.0 Å². The van der Waals surface area contributed by atoms with Crippen molar-refractivity contribution in [2.24, 2.45) is 0 Å². The summed E-state index contributed by atoms with van der Waals surface area (Å²) in [4.78, 5) is 1.80. The molecule has 1 aliphatic heterocycles. The summed E-state index contributed by atoms with van der Waals surface area (Å²) >= 11 is 0. The van der Waals surface area contributed by atoms with E-state index in [0.29, 0.717) is 12.2 Å². The van der Waals surface area contributed by atoms with Crippen LogP contribution in [0.25, 0.3) is 0 Å². The van der Waals surface area contributed by atoms with Crippen LogP contribution < -0.4 is 10.6 Å². The van der Waals surface area contributed by atoms with Gasteiger partial charge in [-0.2, -0.15) is 26.7 Å². The number of anilines is 2. The molecular formula is C12H17F3N2OS. The van der Waals surface area contributed by atoms with Gasteiger partial charge in [0.15, 0.2) is 0 Å². The number of alkyl halides is 3. The van der Waals surface area contributed by atoms with E-state index < -0.39 is 11.7 Å². The number of benzene rings is 1. The molecule has 1 fully saturated rings. The van der Waals surface area contributed by atoms with Crippen molar-refractivity contribution >= 4 is 24.9 Å². The molecule has 2 rings (SSSR count). The zero-order valence-electron chi connectivity index (χ0n) is 10.2. The van der Waals surface area contributed by atoms with Crippen LogP contribution in [0.4, 0.5) is 24.5 Å². The lowest BCUT2D eigenvalue weighted by molar-refractivity contribution is -0.136. The second kappa shape index (κ2) is 5.92. The molecule has 3 nitrogen and oxygen atoms in total. The Labute approximate surface area is 116 Å². The van der Waals surface area contributed by atoms with Gasteiger partial charge in [0.25, 0.3) is 0 Å². The fourth-order valence-electron chi connectivity index (χ4n) is 2.33. The van der Waals surface area contributed by atoms with Gasteiger partial charge in [-0.15, -0.1) is 0 Å². The topological polar surface area (TPSA) is 49.5 Å². The van der Waals surface area contributed by atoms with Crippen molar-refractivity contribution < 1.29 is 18.3 Å². The van der Waals surface area contributed by atoms with Gasteiger partial charge in [-0.3, -0.25) is 0 Å². The van der Waals surface area contributed by atoms with E-state index in [4.69, 9.17) is 5.73 Å². The summed E-state index contributed by atoms with van der Waals surface area (Å²) in [5, 5.41) is 9.19.